The van der Waals surface area contributed by atoms with E-state index in [4.69, 9.17) is 21.1 Å². The van der Waals surface area contributed by atoms with Crippen molar-refractivity contribution in [3.8, 4) is 11.5 Å². The number of carbonyl (C=O) groups excluding carboxylic acids is 1. The molecule has 3 nitrogen and oxygen atoms in total. The summed E-state index contributed by atoms with van der Waals surface area (Å²) >= 11 is 9.95. The van der Waals surface area contributed by atoms with E-state index in [-0.39, 0.29) is 6.10 Å². The van der Waals surface area contributed by atoms with Gasteiger partial charge < -0.3 is 9.47 Å². The number of ether oxygens (including phenoxy) is 2. The molecule has 0 spiro atoms. The fourth-order valence-electron chi connectivity index (χ4n) is 3.20. The van der Waals surface area contributed by atoms with Gasteiger partial charge in [-0.15, -0.1) is 0 Å². The average Bonchev–Trinajstić information content (AvgIpc) is 3.35. The van der Waals surface area contributed by atoms with Gasteiger partial charge in [-0.05, 0) is 54.9 Å². The van der Waals surface area contributed by atoms with Crippen molar-refractivity contribution in [2.24, 2.45) is 5.92 Å². The summed E-state index contributed by atoms with van der Waals surface area (Å²) in [6.45, 7) is 0.640. The minimum Gasteiger partial charge on any atom is -0.492 e. The van der Waals surface area contributed by atoms with E-state index in [2.05, 4.69) is 28.1 Å². The quantitative estimate of drug-likeness (QED) is 0.555. The first kappa shape index (κ1) is 16.9. The highest BCUT2D eigenvalue weighted by molar-refractivity contribution is 9.10. The summed E-state index contributed by atoms with van der Waals surface area (Å²) in [4.78, 5) is 11.3. The molecule has 2 aromatic rings. The number of halogens is 2. The van der Waals surface area contributed by atoms with Crippen LogP contribution < -0.4 is 9.47 Å². The summed E-state index contributed by atoms with van der Waals surface area (Å²) < 4.78 is 13.1. The van der Waals surface area contributed by atoms with Gasteiger partial charge in [0.15, 0.2) is 6.29 Å². The maximum Gasteiger partial charge on any atom is 0.153 e. The molecule has 0 bridgehead atoms. The molecule has 130 valence electrons. The Morgan fingerprint density at radius 1 is 1.20 bits per heavy atom. The summed E-state index contributed by atoms with van der Waals surface area (Å²) in [7, 11) is 0. The van der Waals surface area contributed by atoms with Gasteiger partial charge in [-0.1, -0.05) is 39.7 Å². The van der Waals surface area contributed by atoms with E-state index in [9.17, 15) is 4.79 Å². The SMILES string of the molecule is O=Cc1cc(Cl)c(O[C@H]2CCc3c(Br)cccc32)cc1OCC1CC1. The number of benzene rings is 2. The van der Waals surface area contributed by atoms with Crippen molar-refractivity contribution >= 4 is 33.8 Å². The van der Waals surface area contributed by atoms with Crippen LogP contribution >= 0.6 is 27.5 Å². The summed E-state index contributed by atoms with van der Waals surface area (Å²) in [5.41, 5.74) is 2.94. The lowest BCUT2D eigenvalue weighted by Crippen LogP contribution is -2.06. The summed E-state index contributed by atoms with van der Waals surface area (Å²) in [6.07, 6.45) is 5.00. The molecule has 0 radical (unpaired) electrons. The fraction of sp³-hybridized carbons (Fsp3) is 0.350. The van der Waals surface area contributed by atoms with Crippen molar-refractivity contribution < 1.29 is 14.3 Å². The van der Waals surface area contributed by atoms with Crippen molar-refractivity contribution in [3.63, 3.8) is 0 Å². The first-order chi connectivity index (χ1) is 12.2. The van der Waals surface area contributed by atoms with Crippen LogP contribution in [0.1, 0.15) is 46.9 Å². The average molecular weight is 422 g/mol. The summed E-state index contributed by atoms with van der Waals surface area (Å²) in [5.74, 6) is 1.73. The number of hydrogen-bond donors (Lipinski definition) is 0. The minimum absolute atomic E-state index is 0.0386. The molecule has 4 rings (SSSR count). The molecule has 5 heteroatoms. The van der Waals surface area contributed by atoms with Crippen molar-refractivity contribution in [1.82, 2.24) is 0 Å². The molecule has 25 heavy (non-hydrogen) atoms. The second-order valence-corrected chi connectivity index (χ2v) is 7.91. The smallest absolute Gasteiger partial charge is 0.153 e. The number of hydrogen-bond acceptors (Lipinski definition) is 3. The molecule has 0 aromatic heterocycles. The predicted molar refractivity (Wildman–Crippen MR) is 101 cm³/mol. The molecule has 0 heterocycles. The minimum atomic E-state index is -0.0386. The van der Waals surface area contributed by atoms with Crippen LogP contribution in [0.2, 0.25) is 5.02 Å². The lowest BCUT2D eigenvalue weighted by Gasteiger charge is -2.18. The molecular formula is C20H18BrClO3. The molecule has 1 atom stereocenters. The van der Waals surface area contributed by atoms with Gasteiger partial charge >= 0.3 is 0 Å². The normalized spacial score (nSPS) is 18.7. The number of rotatable bonds is 6. The predicted octanol–water partition coefficient (Wildman–Crippen LogP) is 5.77. The lowest BCUT2D eigenvalue weighted by atomic mass is 10.1. The van der Waals surface area contributed by atoms with E-state index >= 15 is 0 Å². The van der Waals surface area contributed by atoms with Crippen molar-refractivity contribution in [2.75, 3.05) is 6.61 Å². The van der Waals surface area contributed by atoms with Crippen LogP contribution in [-0.4, -0.2) is 12.9 Å². The highest BCUT2D eigenvalue weighted by Gasteiger charge is 2.27. The Bertz CT molecular complexity index is 817. The topological polar surface area (TPSA) is 35.5 Å². The molecule has 0 aliphatic heterocycles. The fourth-order valence-corrected chi connectivity index (χ4v) is 3.99. The van der Waals surface area contributed by atoms with Gasteiger partial charge in [-0.3, -0.25) is 4.79 Å². The van der Waals surface area contributed by atoms with Crippen molar-refractivity contribution in [3.05, 3.63) is 56.5 Å². The first-order valence-corrected chi connectivity index (χ1v) is 9.68. The lowest BCUT2D eigenvalue weighted by molar-refractivity contribution is 0.111. The Morgan fingerprint density at radius 3 is 2.80 bits per heavy atom. The highest BCUT2D eigenvalue weighted by atomic mass is 79.9. The van der Waals surface area contributed by atoms with Gasteiger partial charge in [0.25, 0.3) is 0 Å². The van der Waals surface area contributed by atoms with E-state index < -0.39 is 0 Å². The van der Waals surface area contributed by atoms with Crippen LogP contribution in [0.5, 0.6) is 11.5 Å². The Balaban J connectivity index is 1.59. The van der Waals surface area contributed by atoms with Crippen LogP contribution in [0.25, 0.3) is 0 Å². The van der Waals surface area contributed by atoms with Crippen LogP contribution in [0.15, 0.2) is 34.8 Å². The molecule has 1 saturated carbocycles. The van der Waals surface area contributed by atoms with Gasteiger partial charge in [-0.25, -0.2) is 0 Å². The zero-order valence-electron chi connectivity index (χ0n) is 13.6. The second-order valence-electron chi connectivity index (χ2n) is 6.65. The van der Waals surface area contributed by atoms with E-state index in [1.165, 1.54) is 24.0 Å². The van der Waals surface area contributed by atoms with Gasteiger partial charge in [0.1, 0.15) is 17.6 Å². The van der Waals surface area contributed by atoms with E-state index in [1.807, 2.05) is 6.07 Å². The van der Waals surface area contributed by atoms with E-state index in [0.717, 1.165) is 23.6 Å². The largest absolute Gasteiger partial charge is 0.492 e. The van der Waals surface area contributed by atoms with Crippen LogP contribution in [0.4, 0.5) is 0 Å². The molecular weight excluding hydrogens is 404 g/mol. The molecule has 0 N–H and O–H groups in total. The van der Waals surface area contributed by atoms with Crippen molar-refractivity contribution in [1.29, 1.82) is 0 Å². The third-order valence-electron chi connectivity index (χ3n) is 4.79. The maximum atomic E-state index is 11.3. The molecule has 2 aromatic carbocycles. The van der Waals surface area contributed by atoms with Crippen LogP contribution in [-0.2, 0) is 6.42 Å². The Labute approximate surface area is 160 Å². The number of fused-ring (bicyclic) bond motifs is 1. The first-order valence-electron chi connectivity index (χ1n) is 8.51. The molecule has 0 unspecified atom stereocenters. The molecule has 1 fully saturated rings. The molecule has 2 aliphatic carbocycles. The zero-order valence-corrected chi connectivity index (χ0v) is 16.0. The van der Waals surface area contributed by atoms with Gasteiger partial charge in [0, 0.05) is 10.5 Å². The second kappa shape index (κ2) is 7.00. The van der Waals surface area contributed by atoms with Gasteiger partial charge in [0.2, 0.25) is 0 Å². The maximum absolute atomic E-state index is 11.3. The zero-order chi connectivity index (χ0) is 17.4. The third-order valence-corrected chi connectivity index (χ3v) is 5.83. The molecule has 0 amide bonds. The van der Waals surface area contributed by atoms with Crippen LogP contribution in [0, 0.1) is 5.92 Å². The van der Waals surface area contributed by atoms with Gasteiger partial charge in [0.05, 0.1) is 17.2 Å². The Hall–Kier alpha value is -1.52. The molecule has 0 saturated heterocycles. The van der Waals surface area contributed by atoms with Crippen molar-refractivity contribution in [2.45, 2.75) is 31.8 Å². The van der Waals surface area contributed by atoms with Gasteiger partial charge in [-0.2, -0.15) is 0 Å². The van der Waals surface area contributed by atoms with E-state index in [1.54, 1.807) is 12.1 Å². The molecule has 2 aliphatic rings. The monoisotopic (exact) mass is 420 g/mol. The standard InChI is InChI=1S/C20H18BrClO3/c21-16-3-1-2-15-14(16)6-7-18(15)25-20-9-19(24-11-12-4-5-12)13(10-23)8-17(20)22/h1-3,8-10,12,18H,4-7,11H2/t18-/m0/s1. The Morgan fingerprint density at radius 2 is 2.04 bits per heavy atom. The van der Waals surface area contributed by atoms with Crippen LogP contribution in [0.3, 0.4) is 0 Å². The summed E-state index contributed by atoms with van der Waals surface area (Å²) in [6, 6.07) is 9.55. The summed E-state index contributed by atoms with van der Waals surface area (Å²) in [5, 5.41) is 0.435. The number of carbonyl (C=O) groups is 1. The number of aldehydes is 1. The Kier molecular flexibility index (Phi) is 4.74. The highest BCUT2D eigenvalue weighted by Crippen LogP contribution is 2.41. The van der Waals surface area contributed by atoms with E-state index in [0.29, 0.717) is 34.6 Å². The third kappa shape index (κ3) is 3.56.